The minimum Gasteiger partial charge on any atom is -0.497 e. The molecule has 2 heterocycles. The second-order valence-electron chi connectivity index (χ2n) is 5.29. The van der Waals surface area contributed by atoms with Gasteiger partial charge in [0.15, 0.2) is 0 Å². The van der Waals surface area contributed by atoms with Crippen molar-refractivity contribution < 1.29 is 9.53 Å². The summed E-state index contributed by atoms with van der Waals surface area (Å²) in [5.74, 6) is 1.31. The van der Waals surface area contributed by atoms with Gasteiger partial charge in [-0.2, -0.15) is 0 Å². The third-order valence-electron chi connectivity index (χ3n) is 4.26. The maximum Gasteiger partial charge on any atom is 0.143 e. The highest BCUT2D eigenvalue weighted by atomic mass is 16.5. The van der Waals surface area contributed by atoms with Gasteiger partial charge in [0, 0.05) is 19.0 Å². The Labute approximate surface area is 108 Å². The first-order valence-electron chi connectivity index (χ1n) is 6.68. The van der Waals surface area contributed by atoms with Crippen LogP contribution in [0.5, 0.6) is 5.75 Å². The van der Waals surface area contributed by atoms with E-state index >= 15 is 0 Å². The normalized spacial score (nSPS) is 28.2. The molecule has 0 unspecified atom stereocenters. The van der Waals surface area contributed by atoms with Crippen LogP contribution in [-0.2, 0) is 4.79 Å². The molecule has 2 aliphatic heterocycles. The largest absolute Gasteiger partial charge is 0.497 e. The molecule has 2 aliphatic rings. The topological polar surface area (TPSA) is 29.5 Å². The molecule has 2 atom stereocenters. The number of ketones is 1. The second-order valence-corrected chi connectivity index (χ2v) is 5.29. The summed E-state index contributed by atoms with van der Waals surface area (Å²) < 4.78 is 5.16. The molecule has 18 heavy (non-hydrogen) atoms. The number of carbonyl (C=O) groups excluding carboxylic acids is 1. The fraction of sp³-hybridized carbons (Fsp3) is 0.533. The number of hydrogen-bond acceptors (Lipinski definition) is 3. The number of piperidine rings is 1. The molecule has 3 heteroatoms. The van der Waals surface area contributed by atoms with E-state index in [0.29, 0.717) is 11.8 Å². The first-order valence-corrected chi connectivity index (χ1v) is 6.68. The summed E-state index contributed by atoms with van der Waals surface area (Å²) in [5, 5.41) is 0. The lowest BCUT2D eigenvalue weighted by Crippen LogP contribution is -2.42. The molecule has 0 radical (unpaired) electrons. The van der Waals surface area contributed by atoms with Crippen molar-refractivity contribution >= 4 is 5.78 Å². The van der Waals surface area contributed by atoms with Crippen LogP contribution in [0.25, 0.3) is 0 Å². The van der Waals surface area contributed by atoms with Gasteiger partial charge in [0.2, 0.25) is 0 Å². The van der Waals surface area contributed by atoms with Crippen molar-refractivity contribution in [2.45, 2.75) is 31.2 Å². The molecule has 0 bridgehead atoms. The van der Waals surface area contributed by atoms with Gasteiger partial charge in [-0.25, -0.2) is 0 Å². The molecule has 1 aromatic rings. The summed E-state index contributed by atoms with van der Waals surface area (Å²) in [6.07, 6.45) is 3.17. The Morgan fingerprint density at radius 3 is 2.78 bits per heavy atom. The third kappa shape index (κ3) is 2.03. The van der Waals surface area contributed by atoms with Gasteiger partial charge in [-0.1, -0.05) is 12.1 Å². The number of methoxy groups -OCH3 is 1. The average molecular weight is 245 g/mol. The van der Waals surface area contributed by atoms with Crippen LogP contribution >= 0.6 is 0 Å². The van der Waals surface area contributed by atoms with Crippen molar-refractivity contribution in [2.24, 2.45) is 0 Å². The monoisotopic (exact) mass is 245 g/mol. The van der Waals surface area contributed by atoms with E-state index in [1.54, 1.807) is 7.11 Å². The molecule has 2 fully saturated rings. The molecular formula is C15H19NO2. The zero-order valence-electron chi connectivity index (χ0n) is 10.8. The summed E-state index contributed by atoms with van der Waals surface area (Å²) >= 11 is 0. The predicted molar refractivity (Wildman–Crippen MR) is 70.0 cm³/mol. The van der Waals surface area contributed by atoms with E-state index in [1.807, 2.05) is 24.3 Å². The van der Waals surface area contributed by atoms with Crippen molar-refractivity contribution in [2.75, 3.05) is 20.2 Å². The number of ether oxygens (including phenoxy) is 1. The van der Waals surface area contributed by atoms with Crippen LogP contribution in [0.1, 0.15) is 30.7 Å². The Bertz CT molecular complexity index is 440. The predicted octanol–water partition coefficient (Wildman–Crippen LogP) is 2.22. The number of Topliss-reactive ketones (excluding diaryl/α,β-unsaturated/α-hetero) is 1. The van der Waals surface area contributed by atoms with Crippen LogP contribution in [0.15, 0.2) is 24.3 Å². The summed E-state index contributed by atoms with van der Waals surface area (Å²) in [7, 11) is 1.66. The number of hydrogen-bond donors (Lipinski definition) is 0. The Morgan fingerprint density at radius 1 is 1.28 bits per heavy atom. The van der Waals surface area contributed by atoms with Crippen molar-refractivity contribution in [3.63, 3.8) is 0 Å². The first-order chi connectivity index (χ1) is 8.78. The number of benzene rings is 1. The minimum atomic E-state index is 0.0604. The van der Waals surface area contributed by atoms with E-state index < -0.39 is 0 Å². The van der Waals surface area contributed by atoms with E-state index in [0.717, 1.165) is 30.8 Å². The molecule has 0 aromatic heterocycles. The standard InChI is InChI=1S/C15H19NO2/c1-18-13-6-4-11(5-7-13)14-10-16-8-2-3-12(16)9-15(14)17/h4-7,12,14H,2-3,8-10H2,1H3/t12-,14-/m0/s1. The number of carbonyl (C=O) groups is 1. The molecule has 3 rings (SSSR count). The fourth-order valence-corrected chi connectivity index (χ4v) is 3.21. The quantitative estimate of drug-likeness (QED) is 0.800. The number of nitrogens with zero attached hydrogens (tertiary/aromatic N) is 1. The van der Waals surface area contributed by atoms with Gasteiger partial charge in [-0.15, -0.1) is 0 Å². The zero-order valence-corrected chi connectivity index (χ0v) is 10.8. The van der Waals surface area contributed by atoms with Crippen LogP contribution in [0.3, 0.4) is 0 Å². The van der Waals surface area contributed by atoms with Gasteiger partial charge in [-0.3, -0.25) is 9.69 Å². The lowest BCUT2D eigenvalue weighted by atomic mass is 9.86. The van der Waals surface area contributed by atoms with Gasteiger partial charge in [0.25, 0.3) is 0 Å². The summed E-state index contributed by atoms with van der Waals surface area (Å²) in [6, 6.07) is 8.46. The highest BCUT2D eigenvalue weighted by Crippen LogP contribution is 2.33. The van der Waals surface area contributed by atoms with E-state index in [1.165, 1.54) is 12.8 Å². The Kier molecular flexibility index (Phi) is 3.08. The molecule has 3 nitrogen and oxygen atoms in total. The second kappa shape index (κ2) is 4.73. The SMILES string of the molecule is COc1ccc([C@@H]2CN3CCC[C@H]3CC2=O)cc1. The molecular weight excluding hydrogens is 226 g/mol. The van der Waals surface area contributed by atoms with E-state index in [9.17, 15) is 4.79 Å². The van der Waals surface area contributed by atoms with Crippen molar-refractivity contribution in [1.29, 1.82) is 0 Å². The fourth-order valence-electron chi connectivity index (χ4n) is 3.21. The maximum atomic E-state index is 12.2. The summed E-state index contributed by atoms with van der Waals surface area (Å²) in [5.41, 5.74) is 1.13. The summed E-state index contributed by atoms with van der Waals surface area (Å²) in [6.45, 7) is 2.06. The third-order valence-corrected chi connectivity index (χ3v) is 4.26. The highest BCUT2D eigenvalue weighted by molar-refractivity contribution is 5.87. The minimum absolute atomic E-state index is 0.0604. The molecule has 2 saturated heterocycles. The van der Waals surface area contributed by atoms with Crippen LogP contribution in [0.2, 0.25) is 0 Å². The maximum absolute atomic E-state index is 12.2. The van der Waals surface area contributed by atoms with Gasteiger partial charge >= 0.3 is 0 Å². The van der Waals surface area contributed by atoms with Crippen LogP contribution < -0.4 is 4.74 Å². The molecule has 0 saturated carbocycles. The van der Waals surface area contributed by atoms with Gasteiger partial charge < -0.3 is 4.74 Å². The first kappa shape index (κ1) is 11.7. The van der Waals surface area contributed by atoms with E-state index in [-0.39, 0.29) is 5.92 Å². The smallest absolute Gasteiger partial charge is 0.143 e. The number of fused-ring (bicyclic) bond motifs is 1. The van der Waals surface area contributed by atoms with Crippen LogP contribution in [-0.4, -0.2) is 36.9 Å². The van der Waals surface area contributed by atoms with Gasteiger partial charge in [0.1, 0.15) is 11.5 Å². The Balaban J connectivity index is 1.80. The van der Waals surface area contributed by atoms with Crippen molar-refractivity contribution in [3.8, 4) is 5.75 Å². The van der Waals surface area contributed by atoms with Crippen molar-refractivity contribution in [1.82, 2.24) is 4.90 Å². The van der Waals surface area contributed by atoms with Gasteiger partial charge in [-0.05, 0) is 37.1 Å². The molecule has 0 aliphatic carbocycles. The van der Waals surface area contributed by atoms with Crippen LogP contribution in [0.4, 0.5) is 0 Å². The molecule has 0 N–H and O–H groups in total. The van der Waals surface area contributed by atoms with E-state index in [4.69, 9.17) is 4.74 Å². The molecule has 0 amide bonds. The molecule has 96 valence electrons. The zero-order chi connectivity index (χ0) is 12.5. The number of rotatable bonds is 2. The lowest BCUT2D eigenvalue weighted by molar-refractivity contribution is -0.124. The van der Waals surface area contributed by atoms with E-state index in [2.05, 4.69) is 4.90 Å². The lowest BCUT2D eigenvalue weighted by Gasteiger charge is -2.34. The van der Waals surface area contributed by atoms with Crippen LogP contribution in [0, 0.1) is 0 Å². The van der Waals surface area contributed by atoms with Crippen molar-refractivity contribution in [3.05, 3.63) is 29.8 Å². The van der Waals surface area contributed by atoms with Gasteiger partial charge in [0.05, 0.1) is 13.0 Å². The highest BCUT2D eigenvalue weighted by Gasteiger charge is 2.37. The molecule has 1 aromatic carbocycles. The summed E-state index contributed by atoms with van der Waals surface area (Å²) in [4.78, 5) is 14.7. The average Bonchev–Trinajstić information content (AvgIpc) is 2.85. The Hall–Kier alpha value is -1.35. The Morgan fingerprint density at radius 2 is 2.06 bits per heavy atom. The molecule has 0 spiro atoms.